The summed E-state index contributed by atoms with van der Waals surface area (Å²) in [6.07, 6.45) is 1.99. The van der Waals surface area contributed by atoms with Crippen LogP contribution in [0.15, 0.2) is 47.1 Å². The summed E-state index contributed by atoms with van der Waals surface area (Å²) < 4.78 is 0. The minimum absolute atomic E-state index is 0.0210. The van der Waals surface area contributed by atoms with Gasteiger partial charge in [0.05, 0.1) is 11.4 Å². The van der Waals surface area contributed by atoms with Crippen LogP contribution in [-0.4, -0.2) is 49.5 Å². The van der Waals surface area contributed by atoms with Crippen LogP contribution >= 0.6 is 0 Å². The lowest BCUT2D eigenvalue weighted by molar-refractivity contribution is -0.116. The molecule has 0 bridgehead atoms. The standard InChI is InChI=1S/C16H24N6O/c1-22(2)10-6-9-20-14(23)11-13(17)15(18)16(19)21-12-7-4-3-5-8-12/h3-5,7-8,11,18H,6,9-10,17H2,1-2H3,(H2,19,21)(H,20,23)/b13-11+,18-15?. The van der Waals surface area contributed by atoms with Gasteiger partial charge in [-0.1, -0.05) is 18.2 Å². The smallest absolute Gasteiger partial charge is 0.246 e. The Kier molecular flexibility index (Phi) is 7.49. The van der Waals surface area contributed by atoms with Crippen LogP contribution in [0.2, 0.25) is 0 Å². The van der Waals surface area contributed by atoms with Crippen molar-refractivity contribution in [3.63, 3.8) is 0 Å². The van der Waals surface area contributed by atoms with Crippen molar-refractivity contribution in [1.29, 1.82) is 5.41 Å². The molecule has 0 aromatic heterocycles. The first-order valence-corrected chi connectivity index (χ1v) is 7.28. The van der Waals surface area contributed by atoms with E-state index in [0.29, 0.717) is 12.2 Å². The minimum Gasteiger partial charge on any atom is -0.397 e. The first-order valence-electron chi connectivity index (χ1n) is 7.28. The number of hydrogen-bond donors (Lipinski definition) is 4. The lowest BCUT2D eigenvalue weighted by Crippen LogP contribution is -2.31. The van der Waals surface area contributed by atoms with E-state index in [1.165, 1.54) is 0 Å². The van der Waals surface area contributed by atoms with Crippen LogP contribution in [0.3, 0.4) is 0 Å². The Bertz CT molecular complexity index is 592. The van der Waals surface area contributed by atoms with Crippen LogP contribution in [-0.2, 0) is 4.79 Å². The van der Waals surface area contributed by atoms with Gasteiger partial charge in [0.1, 0.15) is 5.71 Å². The molecule has 0 fully saturated rings. The Morgan fingerprint density at radius 1 is 1.30 bits per heavy atom. The molecular weight excluding hydrogens is 292 g/mol. The number of nitrogens with one attached hydrogen (secondary N) is 2. The van der Waals surface area contributed by atoms with E-state index in [-0.39, 0.29) is 23.2 Å². The monoisotopic (exact) mass is 316 g/mol. The maximum Gasteiger partial charge on any atom is 0.246 e. The van der Waals surface area contributed by atoms with Gasteiger partial charge < -0.3 is 21.7 Å². The number of para-hydroxylation sites is 1. The molecule has 1 aromatic carbocycles. The zero-order valence-corrected chi connectivity index (χ0v) is 13.5. The third kappa shape index (κ3) is 7.23. The van der Waals surface area contributed by atoms with E-state index in [1.54, 1.807) is 12.1 Å². The van der Waals surface area contributed by atoms with E-state index in [2.05, 4.69) is 10.3 Å². The second-order valence-electron chi connectivity index (χ2n) is 5.26. The highest BCUT2D eigenvalue weighted by Gasteiger charge is 2.08. The number of benzene rings is 1. The van der Waals surface area contributed by atoms with Crippen molar-refractivity contribution >= 4 is 23.1 Å². The SMILES string of the molecule is CN(C)CCCNC(=O)/C=C(/N)C(=N)C(N)=Nc1ccccc1. The summed E-state index contributed by atoms with van der Waals surface area (Å²) >= 11 is 0. The molecule has 0 saturated carbocycles. The van der Waals surface area contributed by atoms with Gasteiger partial charge in [0.2, 0.25) is 5.91 Å². The van der Waals surface area contributed by atoms with Gasteiger partial charge in [0.25, 0.3) is 0 Å². The lowest BCUT2D eigenvalue weighted by Gasteiger charge is -2.09. The van der Waals surface area contributed by atoms with Crippen molar-refractivity contribution in [3.8, 4) is 0 Å². The Hall–Kier alpha value is -2.67. The summed E-state index contributed by atoms with van der Waals surface area (Å²) in [5.41, 5.74) is 11.9. The summed E-state index contributed by atoms with van der Waals surface area (Å²) in [7, 11) is 3.94. The molecule has 1 amide bonds. The van der Waals surface area contributed by atoms with Gasteiger partial charge >= 0.3 is 0 Å². The highest BCUT2D eigenvalue weighted by atomic mass is 16.1. The molecule has 0 radical (unpaired) electrons. The maximum atomic E-state index is 11.7. The predicted molar refractivity (Wildman–Crippen MR) is 93.9 cm³/mol. The highest BCUT2D eigenvalue weighted by molar-refractivity contribution is 6.46. The van der Waals surface area contributed by atoms with Gasteiger partial charge in [0.15, 0.2) is 5.84 Å². The van der Waals surface area contributed by atoms with E-state index >= 15 is 0 Å². The number of carbonyl (C=O) groups excluding carboxylic acids is 1. The average Bonchev–Trinajstić information content (AvgIpc) is 2.51. The van der Waals surface area contributed by atoms with Gasteiger partial charge in [0, 0.05) is 12.6 Å². The number of rotatable bonds is 8. The van der Waals surface area contributed by atoms with E-state index in [1.807, 2.05) is 37.2 Å². The summed E-state index contributed by atoms with van der Waals surface area (Å²) in [6.45, 7) is 1.42. The van der Waals surface area contributed by atoms with Crippen molar-refractivity contribution < 1.29 is 4.79 Å². The van der Waals surface area contributed by atoms with Crippen molar-refractivity contribution in [2.24, 2.45) is 16.5 Å². The van der Waals surface area contributed by atoms with Crippen molar-refractivity contribution in [2.45, 2.75) is 6.42 Å². The highest BCUT2D eigenvalue weighted by Crippen LogP contribution is 2.09. The van der Waals surface area contributed by atoms with E-state index in [9.17, 15) is 4.79 Å². The summed E-state index contributed by atoms with van der Waals surface area (Å²) in [6, 6.07) is 9.01. The van der Waals surface area contributed by atoms with Crippen LogP contribution in [0.25, 0.3) is 0 Å². The van der Waals surface area contributed by atoms with Gasteiger partial charge in [-0.05, 0) is 39.2 Å². The average molecular weight is 316 g/mol. The molecule has 1 rings (SSSR count). The molecule has 0 aliphatic carbocycles. The third-order valence-electron chi connectivity index (χ3n) is 2.92. The number of aliphatic imine (C=N–C) groups is 1. The predicted octanol–water partition coefficient (Wildman–Crippen LogP) is 0.606. The molecule has 0 heterocycles. The molecule has 0 atom stereocenters. The minimum atomic E-state index is -0.349. The van der Waals surface area contributed by atoms with Crippen molar-refractivity contribution in [1.82, 2.24) is 10.2 Å². The first-order chi connectivity index (χ1) is 10.9. The van der Waals surface area contributed by atoms with Crippen LogP contribution in [0.1, 0.15) is 6.42 Å². The zero-order chi connectivity index (χ0) is 17.2. The normalized spacial score (nSPS) is 12.3. The number of amides is 1. The van der Waals surface area contributed by atoms with E-state index in [0.717, 1.165) is 19.0 Å². The first kappa shape index (κ1) is 18.4. The van der Waals surface area contributed by atoms with Crippen LogP contribution < -0.4 is 16.8 Å². The third-order valence-corrected chi connectivity index (χ3v) is 2.92. The van der Waals surface area contributed by atoms with Crippen molar-refractivity contribution in [3.05, 3.63) is 42.1 Å². The fraction of sp³-hybridized carbons (Fsp3) is 0.312. The van der Waals surface area contributed by atoms with Gasteiger partial charge in [-0.25, -0.2) is 4.99 Å². The van der Waals surface area contributed by atoms with Gasteiger partial charge in [-0.2, -0.15) is 0 Å². The lowest BCUT2D eigenvalue weighted by atomic mass is 10.2. The van der Waals surface area contributed by atoms with Crippen LogP contribution in [0, 0.1) is 5.41 Å². The summed E-state index contributed by atoms with van der Waals surface area (Å²) in [5, 5.41) is 10.6. The number of carbonyl (C=O) groups is 1. The molecule has 6 N–H and O–H groups in total. The molecule has 23 heavy (non-hydrogen) atoms. The molecule has 0 unspecified atom stereocenters. The fourth-order valence-electron chi connectivity index (χ4n) is 1.72. The molecule has 7 heteroatoms. The topological polar surface area (TPSA) is 121 Å². The molecule has 1 aromatic rings. The molecule has 0 spiro atoms. The van der Waals surface area contributed by atoms with Crippen molar-refractivity contribution in [2.75, 3.05) is 27.2 Å². The molecule has 0 aliphatic heterocycles. The molecular formula is C16H24N6O. The fourth-order valence-corrected chi connectivity index (χ4v) is 1.72. The number of nitrogens with two attached hydrogens (primary N) is 2. The quantitative estimate of drug-likeness (QED) is 0.243. The number of hydrogen-bond acceptors (Lipinski definition) is 5. The second kappa shape index (κ2) is 9.37. The molecule has 0 saturated heterocycles. The second-order valence-corrected chi connectivity index (χ2v) is 5.26. The summed E-state index contributed by atoms with van der Waals surface area (Å²) in [4.78, 5) is 17.9. The maximum absolute atomic E-state index is 11.7. The molecule has 7 nitrogen and oxygen atoms in total. The molecule has 124 valence electrons. The Balaban J connectivity index is 2.57. The largest absolute Gasteiger partial charge is 0.397 e. The van der Waals surface area contributed by atoms with Crippen LogP contribution in [0.5, 0.6) is 0 Å². The van der Waals surface area contributed by atoms with Crippen LogP contribution in [0.4, 0.5) is 5.69 Å². The summed E-state index contributed by atoms with van der Waals surface area (Å²) in [5.74, 6) is -0.385. The Labute approximate surface area is 136 Å². The van der Waals surface area contributed by atoms with Gasteiger partial charge in [-0.15, -0.1) is 0 Å². The molecule has 0 aliphatic rings. The Morgan fingerprint density at radius 2 is 1.96 bits per heavy atom. The zero-order valence-electron chi connectivity index (χ0n) is 13.5. The van der Waals surface area contributed by atoms with E-state index in [4.69, 9.17) is 16.9 Å². The van der Waals surface area contributed by atoms with Gasteiger partial charge in [-0.3, -0.25) is 10.2 Å². The van der Waals surface area contributed by atoms with E-state index < -0.39 is 0 Å². The number of nitrogens with zero attached hydrogens (tertiary/aromatic N) is 2. The Morgan fingerprint density at radius 3 is 2.57 bits per heavy atom. The number of amidine groups is 1.